The number of amides is 1. The topological polar surface area (TPSA) is 106 Å². The summed E-state index contributed by atoms with van der Waals surface area (Å²) in [7, 11) is 0. The number of carbonyl (C=O) groups is 1. The van der Waals surface area contributed by atoms with Crippen LogP contribution in [0.25, 0.3) is 0 Å². The molecular weight excluding hydrogens is 362 g/mol. The molecule has 146 valence electrons. The van der Waals surface area contributed by atoms with Gasteiger partial charge in [0, 0.05) is 18.3 Å². The van der Waals surface area contributed by atoms with Gasteiger partial charge in [-0.25, -0.2) is 0 Å². The van der Waals surface area contributed by atoms with Gasteiger partial charge in [0.2, 0.25) is 0 Å². The van der Waals surface area contributed by atoms with E-state index in [-0.39, 0.29) is 36.9 Å². The minimum atomic E-state index is -0.497. The number of hydrogen-bond acceptors (Lipinski definition) is 6. The van der Waals surface area contributed by atoms with E-state index in [1.165, 1.54) is 17.0 Å². The fourth-order valence-electron chi connectivity index (χ4n) is 2.62. The third-order valence-electron chi connectivity index (χ3n) is 4.01. The van der Waals surface area contributed by atoms with Crippen LogP contribution in [0, 0.1) is 28.4 Å². The van der Waals surface area contributed by atoms with Crippen molar-refractivity contribution in [2.24, 2.45) is 0 Å². The average Bonchev–Trinajstić information content (AvgIpc) is 2.68. The van der Waals surface area contributed by atoms with Crippen LogP contribution < -0.4 is 14.4 Å². The summed E-state index contributed by atoms with van der Waals surface area (Å²) in [6.07, 6.45) is 0.161. The second-order valence-corrected chi connectivity index (χ2v) is 5.83. The lowest BCUT2D eigenvalue weighted by atomic mass is 10.2. The highest BCUT2D eigenvalue weighted by Gasteiger charge is 2.19. The molecule has 0 atom stereocenters. The Morgan fingerprint density at radius 1 is 1.21 bits per heavy atom. The lowest BCUT2D eigenvalue weighted by molar-refractivity contribution is -0.385. The molecule has 28 heavy (non-hydrogen) atoms. The zero-order valence-electron chi connectivity index (χ0n) is 15.8. The zero-order chi connectivity index (χ0) is 20.5. The van der Waals surface area contributed by atoms with Crippen LogP contribution >= 0.6 is 0 Å². The van der Waals surface area contributed by atoms with Gasteiger partial charge in [-0.15, -0.1) is 0 Å². The van der Waals surface area contributed by atoms with E-state index in [1.54, 1.807) is 37.3 Å². The Morgan fingerprint density at radius 2 is 1.93 bits per heavy atom. The van der Waals surface area contributed by atoms with E-state index in [0.29, 0.717) is 23.6 Å². The number of nitro benzene ring substituents is 1. The van der Waals surface area contributed by atoms with Crippen LogP contribution in [-0.4, -0.2) is 30.6 Å². The molecule has 0 heterocycles. The summed E-state index contributed by atoms with van der Waals surface area (Å²) in [6.45, 7) is 3.88. The van der Waals surface area contributed by atoms with Crippen molar-refractivity contribution in [3.63, 3.8) is 0 Å². The molecule has 2 aromatic carbocycles. The summed E-state index contributed by atoms with van der Waals surface area (Å²) in [5, 5.41) is 19.9. The van der Waals surface area contributed by atoms with E-state index in [1.807, 2.05) is 13.0 Å². The normalized spacial score (nSPS) is 10.0. The van der Waals surface area contributed by atoms with Gasteiger partial charge in [-0.1, -0.05) is 6.07 Å². The highest BCUT2D eigenvalue weighted by Crippen LogP contribution is 2.27. The van der Waals surface area contributed by atoms with E-state index in [2.05, 4.69) is 0 Å². The van der Waals surface area contributed by atoms with E-state index in [0.717, 1.165) is 0 Å². The molecule has 8 nitrogen and oxygen atoms in total. The quantitative estimate of drug-likeness (QED) is 0.483. The van der Waals surface area contributed by atoms with Crippen molar-refractivity contribution in [1.29, 1.82) is 5.26 Å². The largest absolute Gasteiger partial charge is 0.494 e. The van der Waals surface area contributed by atoms with Crippen molar-refractivity contribution in [2.75, 3.05) is 24.7 Å². The third-order valence-corrected chi connectivity index (χ3v) is 4.01. The molecule has 2 rings (SSSR count). The highest BCUT2D eigenvalue weighted by molar-refractivity contribution is 5.94. The Balaban J connectivity index is 2.14. The maximum Gasteiger partial charge on any atom is 0.276 e. The standard InChI is InChI=1S/C20H21N3O5/c1-3-27-17-10-8-16(9-11-17)22(13-5-12-21)20(24)14-28-19-7-4-6-18(15(19)2)23(25)26/h4,6-11H,3,5,13-14H2,1-2H3. The lowest BCUT2D eigenvalue weighted by Crippen LogP contribution is -2.35. The summed E-state index contributed by atoms with van der Waals surface area (Å²) >= 11 is 0. The first-order chi connectivity index (χ1) is 13.5. The summed E-state index contributed by atoms with van der Waals surface area (Å²) in [4.78, 5) is 24.7. The molecule has 0 N–H and O–H groups in total. The van der Waals surface area contributed by atoms with Crippen LogP contribution in [-0.2, 0) is 4.79 Å². The van der Waals surface area contributed by atoms with Gasteiger partial charge in [-0.3, -0.25) is 14.9 Å². The van der Waals surface area contributed by atoms with Gasteiger partial charge in [0.05, 0.1) is 29.6 Å². The maximum absolute atomic E-state index is 12.7. The molecule has 0 saturated carbocycles. The maximum atomic E-state index is 12.7. The third kappa shape index (κ3) is 5.20. The van der Waals surface area contributed by atoms with Crippen molar-refractivity contribution in [3.05, 3.63) is 58.1 Å². The molecular formula is C20H21N3O5. The van der Waals surface area contributed by atoms with Crippen molar-refractivity contribution in [1.82, 2.24) is 0 Å². The van der Waals surface area contributed by atoms with Crippen LogP contribution in [0.15, 0.2) is 42.5 Å². The molecule has 0 bridgehead atoms. The van der Waals surface area contributed by atoms with Gasteiger partial charge in [0.15, 0.2) is 6.61 Å². The Bertz CT molecular complexity index is 874. The number of ether oxygens (including phenoxy) is 2. The summed E-state index contributed by atoms with van der Waals surface area (Å²) in [6, 6.07) is 13.4. The minimum absolute atomic E-state index is 0.0715. The predicted octanol–water partition coefficient (Wildman–Crippen LogP) is 3.63. The van der Waals surface area contributed by atoms with Crippen molar-refractivity contribution in [3.8, 4) is 17.6 Å². The second-order valence-electron chi connectivity index (χ2n) is 5.83. The molecule has 8 heteroatoms. The molecule has 0 aliphatic carbocycles. The monoisotopic (exact) mass is 383 g/mol. The number of nitro groups is 1. The Hall–Kier alpha value is -3.60. The lowest BCUT2D eigenvalue weighted by Gasteiger charge is -2.22. The number of hydrogen-bond donors (Lipinski definition) is 0. The molecule has 0 aromatic heterocycles. The summed E-state index contributed by atoms with van der Waals surface area (Å²) in [5.41, 5.74) is 0.894. The summed E-state index contributed by atoms with van der Waals surface area (Å²) < 4.78 is 10.9. The Labute approximate surface area is 163 Å². The predicted molar refractivity (Wildman–Crippen MR) is 104 cm³/mol. The average molecular weight is 383 g/mol. The number of nitrogens with zero attached hydrogens (tertiary/aromatic N) is 3. The van der Waals surface area contributed by atoms with Gasteiger partial charge >= 0.3 is 0 Å². The van der Waals surface area contributed by atoms with Gasteiger partial charge in [-0.2, -0.15) is 5.26 Å². The smallest absolute Gasteiger partial charge is 0.276 e. The van der Waals surface area contributed by atoms with Crippen LogP contribution in [0.4, 0.5) is 11.4 Å². The van der Waals surface area contributed by atoms with E-state index < -0.39 is 4.92 Å². The van der Waals surface area contributed by atoms with Gasteiger partial charge in [0.25, 0.3) is 11.6 Å². The first-order valence-corrected chi connectivity index (χ1v) is 8.75. The number of anilines is 1. The van der Waals surface area contributed by atoms with Gasteiger partial charge in [0.1, 0.15) is 11.5 Å². The first kappa shape index (κ1) is 20.7. The van der Waals surface area contributed by atoms with Crippen LogP contribution in [0.3, 0.4) is 0 Å². The molecule has 0 fully saturated rings. The zero-order valence-corrected chi connectivity index (χ0v) is 15.8. The van der Waals surface area contributed by atoms with E-state index >= 15 is 0 Å². The van der Waals surface area contributed by atoms with Gasteiger partial charge < -0.3 is 14.4 Å². The molecule has 0 saturated heterocycles. The number of benzene rings is 2. The second kappa shape index (κ2) is 9.92. The van der Waals surface area contributed by atoms with Crippen LogP contribution in [0.1, 0.15) is 18.9 Å². The fraction of sp³-hybridized carbons (Fsp3) is 0.300. The van der Waals surface area contributed by atoms with Crippen LogP contribution in [0.2, 0.25) is 0 Å². The molecule has 0 radical (unpaired) electrons. The highest BCUT2D eigenvalue weighted by atomic mass is 16.6. The fourth-order valence-corrected chi connectivity index (χ4v) is 2.62. The molecule has 0 spiro atoms. The van der Waals surface area contributed by atoms with Crippen molar-refractivity contribution in [2.45, 2.75) is 20.3 Å². The Morgan fingerprint density at radius 3 is 2.54 bits per heavy atom. The molecule has 0 aliphatic rings. The number of carbonyl (C=O) groups excluding carboxylic acids is 1. The van der Waals surface area contributed by atoms with Crippen LogP contribution in [0.5, 0.6) is 11.5 Å². The number of nitriles is 1. The van der Waals surface area contributed by atoms with E-state index in [4.69, 9.17) is 14.7 Å². The molecule has 1 amide bonds. The molecule has 0 aliphatic heterocycles. The van der Waals surface area contributed by atoms with E-state index in [9.17, 15) is 14.9 Å². The minimum Gasteiger partial charge on any atom is -0.494 e. The van der Waals surface area contributed by atoms with Crippen molar-refractivity contribution < 1.29 is 19.2 Å². The molecule has 2 aromatic rings. The van der Waals surface area contributed by atoms with Crippen molar-refractivity contribution >= 4 is 17.3 Å². The first-order valence-electron chi connectivity index (χ1n) is 8.75. The SMILES string of the molecule is CCOc1ccc(N(CCC#N)C(=O)COc2cccc([N+](=O)[O-])c2C)cc1. The van der Waals surface area contributed by atoms with Gasteiger partial charge in [-0.05, 0) is 44.2 Å². The summed E-state index contributed by atoms with van der Waals surface area (Å²) in [5.74, 6) is 0.599. The molecule has 0 unspecified atom stereocenters. The Kier molecular flexibility index (Phi) is 7.34. The number of rotatable bonds is 9.